The third-order valence-electron chi connectivity index (χ3n) is 3.80. The maximum absolute atomic E-state index is 9.66. The standard InChI is InChI=1S/C19H24O4/c1-19(2,11-13-22-17-9-5-3-7-15(17)20)12-14-23-18-10-6-4-8-16(18)21/h3-10,20-21H,11-14H2,1-2H3. The predicted octanol–water partition coefficient (Wildman–Crippen LogP) is 4.36. The van der Waals surface area contributed by atoms with Gasteiger partial charge in [-0.1, -0.05) is 38.1 Å². The van der Waals surface area contributed by atoms with Gasteiger partial charge in [-0.15, -0.1) is 0 Å². The molecule has 0 bridgehead atoms. The van der Waals surface area contributed by atoms with E-state index >= 15 is 0 Å². The lowest BCUT2D eigenvalue weighted by Gasteiger charge is -2.24. The van der Waals surface area contributed by atoms with Crippen molar-refractivity contribution in [1.29, 1.82) is 0 Å². The van der Waals surface area contributed by atoms with E-state index in [4.69, 9.17) is 9.47 Å². The molecule has 124 valence electrons. The molecule has 0 aliphatic heterocycles. The summed E-state index contributed by atoms with van der Waals surface area (Å²) in [6.45, 7) is 5.35. The number of phenols is 2. The van der Waals surface area contributed by atoms with Crippen LogP contribution in [0.1, 0.15) is 26.7 Å². The second kappa shape index (κ2) is 7.77. The number of phenolic OH excluding ortho intramolecular Hbond substituents is 2. The molecule has 0 unspecified atom stereocenters. The van der Waals surface area contributed by atoms with Gasteiger partial charge < -0.3 is 19.7 Å². The Morgan fingerprint density at radius 3 is 1.52 bits per heavy atom. The fourth-order valence-corrected chi connectivity index (χ4v) is 2.16. The Labute approximate surface area is 137 Å². The van der Waals surface area contributed by atoms with Gasteiger partial charge in [0.2, 0.25) is 0 Å². The Bertz CT molecular complexity index is 569. The normalized spacial score (nSPS) is 11.2. The van der Waals surface area contributed by atoms with Crippen LogP contribution in [0, 0.1) is 5.41 Å². The van der Waals surface area contributed by atoms with Gasteiger partial charge >= 0.3 is 0 Å². The second-order valence-corrected chi connectivity index (χ2v) is 6.30. The van der Waals surface area contributed by atoms with Gasteiger partial charge in [0, 0.05) is 0 Å². The van der Waals surface area contributed by atoms with E-state index in [9.17, 15) is 10.2 Å². The molecular weight excluding hydrogens is 292 g/mol. The second-order valence-electron chi connectivity index (χ2n) is 6.30. The molecule has 0 radical (unpaired) electrons. The van der Waals surface area contributed by atoms with Crippen molar-refractivity contribution >= 4 is 0 Å². The van der Waals surface area contributed by atoms with Crippen LogP contribution in [0.4, 0.5) is 0 Å². The molecule has 4 heteroatoms. The lowest BCUT2D eigenvalue weighted by atomic mass is 9.86. The van der Waals surface area contributed by atoms with Crippen LogP contribution in [0.3, 0.4) is 0 Å². The molecule has 2 N–H and O–H groups in total. The molecule has 23 heavy (non-hydrogen) atoms. The summed E-state index contributed by atoms with van der Waals surface area (Å²) in [6, 6.07) is 13.9. The highest BCUT2D eigenvalue weighted by Gasteiger charge is 2.18. The molecule has 0 spiro atoms. The van der Waals surface area contributed by atoms with E-state index in [0.29, 0.717) is 24.7 Å². The first-order chi connectivity index (χ1) is 11.0. The van der Waals surface area contributed by atoms with Crippen molar-refractivity contribution in [3.63, 3.8) is 0 Å². The van der Waals surface area contributed by atoms with Crippen molar-refractivity contribution in [3.8, 4) is 23.0 Å². The molecule has 2 aromatic carbocycles. The number of aromatic hydroxyl groups is 2. The Morgan fingerprint density at radius 2 is 1.13 bits per heavy atom. The van der Waals surface area contributed by atoms with Crippen LogP contribution in [0.25, 0.3) is 0 Å². The number of hydrogen-bond acceptors (Lipinski definition) is 4. The smallest absolute Gasteiger partial charge is 0.160 e. The summed E-state index contributed by atoms with van der Waals surface area (Å²) in [5.41, 5.74) is 0.0365. The summed E-state index contributed by atoms with van der Waals surface area (Å²) in [6.07, 6.45) is 1.68. The van der Waals surface area contributed by atoms with Gasteiger partial charge in [-0.3, -0.25) is 0 Å². The number of ether oxygens (including phenoxy) is 2. The van der Waals surface area contributed by atoms with Gasteiger partial charge in [0.15, 0.2) is 23.0 Å². The van der Waals surface area contributed by atoms with Crippen molar-refractivity contribution in [2.75, 3.05) is 13.2 Å². The molecule has 0 saturated heterocycles. The number of benzene rings is 2. The fraction of sp³-hybridized carbons (Fsp3) is 0.368. The minimum atomic E-state index is 0.0365. The summed E-state index contributed by atoms with van der Waals surface area (Å²) >= 11 is 0. The molecular formula is C19H24O4. The molecule has 0 aromatic heterocycles. The minimum Gasteiger partial charge on any atom is -0.504 e. The van der Waals surface area contributed by atoms with Gasteiger partial charge in [0.1, 0.15) is 0 Å². The van der Waals surface area contributed by atoms with Crippen molar-refractivity contribution in [2.45, 2.75) is 26.7 Å². The van der Waals surface area contributed by atoms with E-state index < -0.39 is 0 Å². The fourth-order valence-electron chi connectivity index (χ4n) is 2.16. The SMILES string of the molecule is CC(C)(CCOc1ccccc1O)CCOc1ccccc1O. The molecule has 4 nitrogen and oxygen atoms in total. The van der Waals surface area contributed by atoms with E-state index in [-0.39, 0.29) is 16.9 Å². The molecule has 0 saturated carbocycles. The van der Waals surface area contributed by atoms with Crippen LogP contribution in [0.15, 0.2) is 48.5 Å². The zero-order valence-corrected chi connectivity index (χ0v) is 13.7. The van der Waals surface area contributed by atoms with Gasteiger partial charge in [-0.2, -0.15) is 0 Å². The Balaban J connectivity index is 1.74. The van der Waals surface area contributed by atoms with E-state index in [2.05, 4.69) is 13.8 Å². The summed E-state index contributed by atoms with van der Waals surface area (Å²) in [5, 5.41) is 19.3. The number of para-hydroxylation sites is 4. The van der Waals surface area contributed by atoms with Crippen LogP contribution in [-0.4, -0.2) is 23.4 Å². The topological polar surface area (TPSA) is 58.9 Å². The molecule has 0 amide bonds. The van der Waals surface area contributed by atoms with Crippen molar-refractivity contribution in [2.24, 2.45) is 5.41 Å². The van der Waals surface area contributed by atoms with E-state index in [0.717, 1.165) is 12.8 Å². The lowest BCUT2D eigenvalue weighted by Crippen LogP contribution is -2.19. The number of hydrogen-bond donors (Lipinski definition) is 2. The zero-order chi connectivity index (χ0) is 16.7. The van der Waals surface area contributed by atoms with Crippen LogP contribution in [-0.2, 0) is 0 Å². The maximum Gasteiger partial charge on any atom is 0.160 e. The Kier molecular flexibility index (Phi) is 5.74. The van der Waals surface area contributed by atoms with Crippen LogP contribution >= 0.6 is 0 Å². The van der Waals surface area contributed by atoms with Crippen molar-refractivity contribution in [1.82, 2.24) is 0 Å². The van der Waals surface area contributed by atoms with Crippen molar-refractivity contribution < 1.29 is 19.7 Å². The summed E-state index contributed by atoms with van der Waals surface area (Å²) in [5.74, 6) is 1.34. The Morgan fingerprint density at radius 1 is 0.739 bits per heavy atom. The third-order valence-corrected chi connectivity index (χ3v) is 3.80. The highest BCUT2D eigenvalue weighted by atomic mass is 16.5. The summed E-state index contributed by atoms with van der Waals surface area (Å²) in [7, 11) is 0. The highest BCUT2D eigenvalue weighted by Crippen LogP contribution is 2.30. The molecule has 0 heterocycles. The minimum absolute atomic E-state index is 0.0365. The third kappa shape index (κ3) is 5.40. The van der Waals surface area contributed by atoms with Gasteiger partial charge in [0.25, 0.3) is 0 Å². The van der Waals surface area contributed by atoms with Crippen molar-refractivity contribution in [3.05, 3.63) is 48.5 Å². The number of rotatable bonds is 8. The quantitative estimate of drug-likeness (QED) is 0.759. The van der Waals surface area contributed by atoms with Gasteiger partial charge in [-0.25, -0.2) is 0 Å². The first kappa shape index (κ1) is 17.0. The summed E-state index contributed by atoms with van der Waals surface area (Å²) < 4.78 is 11.3. The lowest BCUT2D eigenvalue weighted by molar-refractivity contribution is 0.177. The summed E-state index contributed by atoms with van der Waals surface area (Å²) in [4.78, 5) is 0. The average Bonchev–Trinajstić information content (AvgIpc) is 2.51. The van der Waals surface area contributed by atoms with Gasteiger partial charge in [-0.05, 0) is 42.5 Å². The zero-order valence-electron chi connectivity index (χ0n) is 13.7. The average molecular weight is 316 g/mol. The molecule has 0 aliphatic rings. The first-order valence-corrected chi connectivity index (χ1v) is 7.79. The molecule has 0 fully saturated rings. The monoisotopic (exact) mass is 316 g/mol. The molecule has 0 aliphatic carbocycles. The highest BCUT2D eigenvalue weighted by molar-refractivity contribution is 5.38. The first-order valence-electron chi connectivity index (χ1n) is 7.79. The molecule has 2 aromatic rings. The van der Waals surface area contributed by atoms with E-state index in [1.165, 1.54) is 0 Å². The van der Waals surface area contributed by atoms with E-state index in [1.54, 1.807) is 36.4 Å². The molecule has 0 atom stereocenters. The maximum atomic E-state index is 9.66. The van der Waals surface area contributed by atoms with E-state index in [1.807, 2.05) is 12.1 Å². The molecule has 2 rings (SSSR count). The van der Waals surface area contributed by atoms with Crippen LogP contribution in [0.2, 0.25) is 0 Å². The van der Waals surface area contributed by atoms with Crippen LogP contribution in [0.5, 0.6) is 23.0 Å². The largest absolute Gasteiger partial charge is 0.504 e. The predicted molar refractivity (Wildman–Crippen MR) is 90.2 cm³/mol. The Hall–Kier alpha value is -2.36. The van der Waals surface area contributed by atoms with Gasteiger partial charge in [0.05, 0.1) is 13.2 Å². The van der Waals surface area contributed by atoms with Crippen LogP contribution < -0.4 is 9.47 Å².